The van der Waals surface area contributed by atoms with Gasteiger partial charge in [-0.1, -0.05) is 42.5 Å². The fourth-order valence-electron chi connectivity index (χ4n) is 4.65. The lowest BCUT2D eigenvalue weighted by Gasteiger charge is -2.33. The zero-order chi connectivity index (χ0) is 21.0. The van der Waals surface area contributed by atoms with E-state index in [1.165, 1.54) is 21.9 Å². The van der Waals surface area contributed by atoms with E-state index in [9.17, 15) is 5.11 Å². The Bertz CT molecular complexity index is 957. The number of fused-ring (bicyclic) bond motifs is 1. The number of hydrogen-bond donors (Lipinski definition) is 2. The molecule has 2 unspecified atom stereocenters. The van der Waals surface area contributed by atoms with Gasteiger partial charge in [-0.2, -0.15) is 0 Å². The highest BCUT2D eigenvalue weighted by Crippen LogP contribution is 2.24. The molecule has 2 heterocycles. The number of hydrogen-bond acceptors (Lipinski definition) is 4. The van der Waals surface area contributed by atoms with E-state index >= 15 is 0 Å². The van der Waals surface area contributed by atoms with Crippen LogP contribution in [0.5, 0.6) is 0 Å². The van der Waals surface area contributed by atoms with E-state index in [-0.39, 0.29) is 17.7 Å². The highest BCUT2D eigenvalue weighted by atomic mass is 16.3. The maximum Gasteiger partial charge on any atom is 0.0819 e. The maximum absolute atomic E-state index is 11.0. The molecule has 1 saturated heterocycles. The van der Waals surface area contributed by atoms with E-state index in [0.29, 0.717) is 6.54 Å². The minimum Gasteiger partial charge on any atom is -0.390 e. The van der Waals surface area contributed by atoms with Gasteiger partial charge in [0.1, 0.15) is 0 Å². The molecule has 0 saturated carbocycles. The van der Waals surface area contributed by atoms with Crippen molar-refractivity contribution >= 4 is 10.8 Å². The summed E-state index contributed by atoms with van der Waals surface area (Å²) in [5.74, 6) is 0. The van der Waals surface area contributed by atoms with Crippen molar-refractivity contribution in [3.63, 3.8) is 0 Å². The molecule has 0 aliphatic carbocycles. The summed E-state index contributed by atoms with van der Waals surface area (Å²) in [7, 11) is 0. The first-order valence-electron chi connectivity index (χ1n) is 11.0. The average Bonchev–Trinajstić information content (AvgIpc) is 3.20. The summed E-state index contributed by atoms with van der Waals surface area (Å²) in [6, 6.07) is 19.5. The fraction of sp³-hybridized carbons (Fsp3) is 0.423. The Morgan fingerprint density at radius 1 is 1.07 bits per heavy atom. The second kappa shape index (κ2) is 9.25. The van der Waals surface area contributed by atoms with Crippen LogP contribution in [-0.4, -0.2) is 45.8 Å². The molecule has 1 aliphatic rings. The van der Waals surface area contributed by atoms with Crippen molar-refractivity contribution in [1.82, 2.24) is 15.2 Å². The second-order valence-electron chi connectivity index (χ2n) is 9.23. The molecule has 158 valence electrons. The number of aliphatic hydroxyl groups excluding tert-OH is 1. The molecule has 1 fully saturated rings. The minimum absolute atomic E-state index is 0.0853. The Morgan fingerprint density at radius 3 is 2.63 bits per heavy atom. The summed E-state index contributed by atoms with van der Waals surface area (Å²) in [4.78, 5) is 6.52. The van der Waals surface area contributed by atoms with Crippen molar-refractivity contribution in [1.29, 1.82) is 0 Å². The summed E-state index contributed by atoms with van der Waals surface area (Å²) in [6.45, 7) is 6.98. The third-order valence-corrected chi connectivity index (χ3v) is 6.24. The number of benzene rings is 2. The van der Waals surface area contributed by atoms with Gasteiger partial charge in [-0.25, -0.2) is 0 Å². The van der Waals surface area contributed by atoms with Gasteiger partial charge in [-0.3, -0.25) is 9.88 Å². The van der Waals surface area contributed by atoms with Crippen molar-refractivity contribution in [3.05, 3.63) is 78.1 Å². The smallest absolute Gasteiger partial charge is 0.0819 e. The third-order valence-electron chi connectivity index (χ3n) is 6.24. The van der Waals surface area contributed by atoms with Gasteiger partial charge in [-0.05, 0) is 73.7 Å². The lowest BCUT2D eigenvalue weighted by Crippen LogP contribution is -2.50. The molecule has 0 amide bonds. The van der Waals surface area contributed by atoms with Crippen LogP contribution in [0.4, 0.5) is 0 Å². The molecule has 2 N–H and O–H groups in total. The van der Waals surface area contributed by atoms with Crippen LogP contribution in [0.15, 0.2) is 67.0 Å². The van der Waals surface area contributed by atoms with Gasteiger partial charge in [-0.15, -0.1) is 0 Å². The molecule has 4 nitrogen and oxygen atoms in total. The van der Waals surface area contributed by atoms with Gasteiger partial charge in [0.2, 0.25) is 0 Å². The van der Waals surface area contributed by atoms with Gasteiger partial charge in [0.05, 0.1) is 6.10 Å². The highest BCUT2D eigenvalue weighted by molar-refractivity contribution is 5.83. The highest BCUT2D eigenvalue weighted by Gasteiger charge is 2.31. The number of aliphatic hydroxyl groups is 1. The molecule has 4 rings (SSSR count). The Labute approximate surface area is 180 Å². The van der Waals surface area contributed by atoms with Crippen molar-refractivity contribution in [2.45, 2.75) is 57.3 Å². The van der Waals surface area contributed by atoms with Crippen molar-refractivity contribution in [2.24, 2.45) is 0 Å². The summed E-state index contributed by atoms with van der Waals surface area (Å²) in [6.07, 6.45) is 6.44. The SMILES string of the molecule is CC(C)(Cc1ccc2ccccc2c1)NCC(O)C1CCCN1Cc1ccncc1. The Morgan fingerprint density at radius 2 is 1.83 bits per heavy atom. The molecule has 0 spiro atoms. The van der Waals surface area contributed by atoms with Crippen LogP contribution in [0.1, 0.15) is 37.8 Å². The van der Waals surface area contributed by atoms with Gasteiger partial charge in [0, 0.05) is 37.1 Å². The molecule has 4 heteroatoms. The van der Waals surface area contributed by atoms with E-state index in [4.69, 9.17) is 0 Å². The van der Waals surface area contributed by atoms with Gasteiger partial charge < -0.3 is 10.4 Å². The first-order valence-corrected chi connectivity index (χ1v) is 11.0. The average molecular weight is 404 g/mol. The zero-order valence-electron chi connectivity index (χ0n) is 18.1. The zero-order valence-corrected chi connectivity index (χ0v) is 18.1. The van der Waals surface area contributed by atoms with Gasteiger partial charge in [0.25, 0.3) is 0 Å². The third kappa shape index (κ3) is 5.25. The molecule has 3 aromatic rings. The number of likely N-dealkylation sites (tertiary alicyclic amines) is 1. The summed E-state index contributed by atoms with van der Waals surface area (Å²) in [5.41, 5.74) is 2.49. The number of aromatic nitrogens is 1. The Balaban J connectivity index is 1.33. The van der Waals surface area contributed by atoms with E-state index in [1.54, 1.807) is 0 Å². The van der Waals surface area contributed by atoms with Crippen LogP contribution in [0.25, 0.3) is 10.8 Å². The second-order valence-corrected chi connectivity index (χ2v) is 9.23. The number of rotatable bonds is 8. The predicted octanol–water partition coefficient (Wildman–Crippen LogP) is 4.17. The van der Waals surface area contributed by atoms with E-state index < -0.39 is 0 Å². The molecule has 2 aromatic carbocycles. The summed E-state index contributed by atoms with van der Waals surface area (Å²) >= 11 is 0. The Kier molecular flexibility index (Phi) is 6.47. The molecular formula is C26H33N3O. The lowest BCUT2D eigenvalue weighted by atomic mass is 9.93. The van der Waals surface area contributed by atoms with Crippen molar-refractivity contribution in [2.75, 3.05) is 13.1 Å². The van der Waals surface area contributed by atoms with E-state index in [0.717, 1.165) is 32.4 Å². The van der Waals surface area contributed by atoms with E-state index in [2.05, 4.69) is 83.6 Å². The monoisotopic (exact) mass is 403 g/mol. The van der Waals surface area contributed by atoms with Crippen molar-refractivity contribution < 1.29 is 5.11 Å². The molecule has 30 heavy (non-hydrogen) atoms. The molecule has 2 atom stereocenters. The van der Waals surface area contributed by atoms with Gasteiger partial charge in [0.15, 0.2) is 0 Å². The van der Waals surface area contributed by atoms with E-state index in [1.807, 2.05) is 12.4 Å². The van der Waals surface area contributed by atoms with Crippen LogP contribution in [-0.2, 0) is 13.0 Å². The van der Waals surface area contributed by atoms with Crippen LogP contribution < -0.4 is 5.32 Å². The molecule has 1 aliphatic heterocycles. The van der Waals surface area contributed by atoms with Crippen LogP contribution in [0, 0.1) is 0 Å². The molecule has 0 radical (unpaired) electrons. The topological polar surface area (TPSA) is 48.4 Å². The predicted molar refractivity (Wildman–Crippen MR) is 123 cm³/mol. The lowest BCUT2D eigenvalue weighted by molar-refractivity contribution is 0.0633. The van der Waals surface area contributed by atoms with Crippen LogP contribution >= 0.6 is 0 Å². The molecular weight excluding hydrogens is 370 g/mol. The summed E-state index contributed by atoms with van der Waals surface area (Å²) < 4.78 is 0. The van der Waals surface area contributed by atoms with Crippen LogP contribution in [0.3, 0.4) is 0 Å². The summed E-state index contributed by atoms with van der Waals surface area (Å²) in [5, 5.41) is 17.1. The first kappa shape index (κ1) is 21.0. The van der Waals surface area contributed by atoms with Crippen LogP contribution in [0.2, 0.25) is 0 Å². The fourth-order valence-corrected chi connectivity index (χ4v) is 4.65. The largest absolute Gasteiger partial charge is 0.390 e. The number of pyridine rings is 1. The van der Waals surface area contributed by atoms with Crippen molar-refractivity contribution in [3.8, 4) is 0 Å². The molecule has 1 aromatic heterocycles. The normalized spacial score (nSPS) is 18.7. The quantitative estimate of drug-likeness (QED) is 0.593. The molecule has 0 bridgehead atoms. The number of nitrogens with one attached hydrogen (secondary N) is 1. The number of nitrogens with zero attached hydrogens (tertiary/aromatic N) is 2. The number of β-amino-alcohol motifs (C(OH)–C–C–N with tert-alkyl or cyclic N) is 1. The first-order chi connectivity index (χ1) is 14.5. The Hall–Kier alpha value is -2.27. The maximum atomic E-state index is 11.0. The standard InChI is InChI=1S/C26H33N3O/c1-26(2,17-21-9-10-22-6-3-4-7-23(22)16-21)28-18-25(30)24-8-5-15-29(24)19-20-11-13-27-14-12-20/h3-4,6-7,9-14,16,24-25,28,30H,5,8,15,17-19H2,1-2H3. The minimum atomic E-state index is -0.370. The van der Waals surface area contributed by atoms with Gasteiger partial charge >= 0.3 is 0 Å².